The van der Waals surface area contributed by atoms with E-state index in [1.54, 1.807) is 0 Å². The molecule has 4 heteroatoms. The molecular formula is C19H22N2O2. The minimum absolute atomic E-state index is 0.238. The Balaban J connectivity index is 1.48. The number of likely N-dealkylation sites (tertiary alicyclic amines) is 1. The molecule has 1 aromatic heterocycles. The highest BCUT2D eigenvalue weighted by molar-refractivity contribution is 5.39. The highest BCUT2D eigenvalue weighted by Crippen LogP contribution is 2.33. The van der Waals surface area contributed by atoms with Crippen molar-refractivity contribution in [3.63, 3.8) is 0 Å². The van der Waals surface area contributed by atoms with Crippen LogP contribution in [0, 0.1) is 5.92 Å². The van der Waals surface area contributed by atoms with Crippen molar-refractivity contribution in [3.8, 4) is 5.75 Å². The third-order valence-corrected chi connectivity index (χ3v) is 5.05. The molecule has 4 rings (SSSR count). The van der Waals surface area contributed by atoms with Crippen LogP contribution in [0.4, 0.5) is 0 Å². The Bertz CT molecular complexity index is 674. The van der Waals surface area contributed by atoms with Crippen molar-refractivity contribution >= 4 is 0 Å². The topological polar surface area (TPSA) is 45.6 Å². The van der Waals surface area contributed by atoms with Crippen LogP contribution < -0.4 is 4.74 Å². The second-order valence-corrected chi connectivity index (χ2v) is 6.56. The summed E-state index contributed by atoms with van der Waals surface area (Å²) in [6, 6.07) is 10.7. The third-order valence-electron chi connectivity index (χ3n) is 5.05. The quantitative estimate of drug-likeness (QED) is 0.940. The lowest BCUT2D eigenvalue weighted by Gasteiger charge is -2.17. The molecule has 0 bridgehead atoms. The first-order chi connectivity index (χ1) is 11.3. The van der Waals surface area contributed by atoms with Crippen molar-refractivity contribution in [2.75, 3.05) is 26.3 Å². The van der Waals surface area contributed by atoms with Crippen LogP contribution in [-0.2, 0) is 13.0 Å². The van der Waals surface area contributed by atoms with Gasteiger partial charge < -0.3 is 9.84 Å². The molecule has 2 atom stereocenters. The summed E-state index contributed by atoms with van der Waals surface area (Å²) < 4.78 is 5.58. The van der Waals surface area contributed by atoms with Crippen molar-refractivity contribution in [1.82, 2.24) is 9.88 Å². The fourth-order valence-electron chi connectivity index (χ4n) is 3.86. The number of aliphatic hydroxyl groups is 1. The van der Waals surface area contributed by atoms with Crippen molar-refractivity contribution in [3.05, 3.63) is 59.4 Å². The van der Waals surface area contributed by atoms with E-state index in [1.165, 1.54) is 16.7 Å². The Morgan fingerprint density at radius 2 is 2.04 bits per heavy atom. The third kappa shape index (κ3) is 2.96. The summed E-state index contributed by atoms with van der Waals surface area (Å²) in [6.45, 7) is 3.91. The molecule has 1 fully saturated rings. The maximum absolute atomic E-state index is 9.75. The normalized spacial score (nSPS) is 23.7. The molecule has 0 radical (unpaired) electrons. The molecule has 1 N–H and O–H groups in total. The van der Waals surface area contributed by atoms with Gasteiger partial charge in [-0.1, -0.05) is 12.1 Å². The first-order valence-corrected chi connectivity index (χ1v) is 8.31. The van der Waals surface area contributed by atoms with E-state index in [0.29, 0.717) is 11.8 Å². The van der Waals surface area contributed by atoms with E-state index in [0.717, 1.165) is 38.4 Å². The molecule has 0 spiro atoms. The molecule has 23 heavy (non-hydrogen) atoms. The minimum atomic E-state index is 0.238. The van der Waals surface area contributed by atoms with Gasteiger partial charge in [-0.15, -0.1) is 0 Å². The molecule has 0 amide bonds. The monoisotopic (exact) mass is 310 g/mol. The summed E-state index contributed by atoms with van der Waals surface area (Å²) in [6.07, 6.45) is 4.70. The summed E-state index contributed by atoms with van der Waals surface area (Å²) in [7, 11) is 0. The zero-order valence-corrected chi connectivity index (χ0v) is 13.2. The molecule has 0 unspecified atom stereocenters. The fraction of sp³-hybridized carbons (Fsp3) is 0.421. The molecular weight excluding hydrogens is 288 g/mol. The number of pyridine rings is 1. The first kappa shape index (κ1) is 14.7. The zero-order valence-electron chi connectivity index (χ0n) is 13.2. The molecule has 0 saturated carbocycles. The number of ether oxygens (including phenoxy) is 1. The molecule has 120 valence electrons. The van der Waals surface area contributed by atoms with Crippen LogP contribution in [0.15, 0.2) is 42.7 Å². The lowest BCUT2D eigenvalue weighted by atomic mass is 9.90. The maximum Gasteiger partial charge on any atom is 0.122 e. The lowest BCUT2D eigenvalue weighted by molar-refractivity contribution is 0.214. The van der Waals surface area contributed by atoms with E-state index in [2.05, 4.69) is 40.2 Å². The Kier molecular flexibility index (Phi) is 4.02. The summed E-state index contributed by atoms with van der Waals surface area (Å²) in [5.41, 5.74) is 3.94. The Morgan fingerprint density at radius 3 is 2.87 bits per heavy atom. The Labute approximate surface area is 136 Å². The second-order valence-electron chi connectivity index (χ2n) is 6.56. The van der Waals surface area contributed by atoms with E-state index in [1.807, 2.05) is 12.4 Å². The van der Waals surface area contributed by atoms with Crippen LogP contribution in [-0.4, -0.2) is 41.3 Å². The van der Waals surface area contributed by atoms with Crippen LogP contribution in [0.2, 0.25) is 0 Å². The van der Waals surface area contributed by atoms with E-state index >= 15 is 0 Å². The largest absolute Gasteiger partial charge is 0.493 e. The number of benzene rings is 1. The molecule has 1 aromatic carbocycles. The average molecular weight is 310 g/mol. The van der Waals surface area contributed by atoms with Crippen LogP contribution in [0.3, 0.4) is 0 Å². The van der Waals surface area contributed by atoms with E-state index in [4.69, 9.17) is 4.74 Å². The van der Waals surface area contributed by atoms with Crippen molar-refractivity contribution in [1.29, 1.82) is 0 Å². The summed E-state index contributed by atoms with van der Waals surface area (Å²) in [5, 5.41) is 9.75. The summed E-state index contributed by atoms with van der Waals surface area (Å²) >= 11 is 0. The van der Waals surface area contributed by atoms with Gasteiger partial charge in [0.2, 0.25) is 0 Å². The fourth-order valence-corrected chi connectivity index (χ4v) is 3.86. The van der Waals surface area contributed by atoms with Gasteiger partial charge in [0.25, 0.3) is 0 Å². The van der Waals surface area contributed by atoms with E-state index in [-0.39, 0.29) is 6.61 Å². The van der Waals surface area contributed by atoms with E-state index in [9.17, 15) is 5.11 Å². The number of aromatic nitrogens is 1. The van der Waals surface area contributed by atoms with Gasteiger partial charge in [-0.05, 0) is 34.9 Å². The Hall–Kier alpha value is -1.91. The number of rotatable bonds is 4. The smallest absolute Gasteiger partial charge is 0.122 e. The minimum Gasteiger partial charge on any atom is -0.493 e. The first-order valence-electron chi connectivity index (χ1n) is 8.31. The number of aliphatic hydroxyl groups excluding tert-OH is 1. The van der Waals surface area contributed by atoms with Crippen LogP contribution >= 0.6 is 0 Å². The Morgan fingerprint density at radius 1 is 1.17 bits per heavy atom. The molecule has 1 saturated heterocycles. The summed E-state index contributed by atoms with van der Waals surface area (Å²) in [5.74, 6) is 1.73. The van der Waals surface area contributed by atoms with Crippen molar-refractivity contribution in [2.24, 2.45) is 5.92 Å². The van der Waals surface area contributed by atoms with Gasteiger partial charge in [-0.2, -0.15) is 0 Å². The molecule has 2 aromatic rings. The van der Waals surface area contributed by atoms with Crippen molar-refractivity contribution in [2.45, 2.75) is 18.9 Å². The van der Waals surface area contributed by atoms with Crippen molar-refractivity contribution < 1.29 is 9.84 Å². The number of hydrogen-bond acceptors (Lipinski definition) is 4. The predicted octanol–water partition coefficient (Wildman–Crippen LogP) is 2.22. The molecule has 4 nitrogen and oxygen atoms in total. The average Bonchev–Trinajstić information content (AvgIpc) is 3.21. The summed E-state index contributed by atoms with van der Waals surface area (Å²) in [4.78, 5) is 6.55. The van der Waals surface area contributed by atoms with Crippen LogP contribution in [0.25, 0.3) is 0 Å². The van der Waals surface area contributed by atoms with Gasteiger partial charge in [0.15, 0.2) is 0 Å². The second kappa shape index (κ2) is 6.30. The molecule has 0 aliphatic carbocycles. The van der Waals surface area contributed by atoms with Crippen LogP contribution in [0.5, 0.6) is 5.75 Å². The molecule has 2 aliphatic heterocycles. The zero-order chi connectivity index (χ0) is 15.6. The molecule has 2 aliphatic rings. The maximum atomic E-state index is 9.75. The number of hydrogen-bond donors (Lipinski definition) is 1. The lowest BCUT2D eigenvalue weighted by Crippen LogP contribution is -2.21. The van der Waals surface area contributed by atoms with Gasteiger partial charge in [-0.3, -0.25) is 9.88 Å². The SMILES string of the molecule is OC[C@@H]1CN(Cc2ccc3c(c2)CCO3)C[C@H]1c1ccncc1. The number of fused-ring (bicyclic) bond motifs is 1. The van der Waals surface area contributed by atoms with E-state index < -0.39 is 0 Å². The number of nitrogens with zero attached hydrogens (tertiary/aromatic N) is 2. The van der Waals surface area contributed by atoms with Gasteiger partial charge in [-0.25, -0.2) is 0 Å². The van der Waals surface area contributed by atoms with Gasteiger partial charge >= 0.3 is 0 Å². The van der Waals surface area contributed by atoms with Gasteiger partial charge in [0.05, 0.1) is 6.61 Å². The predicted molar refractivity (Wildman–Crippen MR) is 88.5 cm³/mol. The standard InChI is InChI=1S/C19H22N2O2/c22-13-17-11-21(12-18(17)15-3-6-20-7-4-15)10-14-1-2-19-16(9-14)5-8-23-19/h1-4,6-7,9,17-18,22H,5,8,10-13H2/t17-,18-/m0/s1. The highest BCUT2D eigenvalue weighted by atomic mass is 16.5. The van der Waals surface area contributed by atoms with Gasteiger partial charge in [0, 0.05) is 56.9 Å². The van der Waals surface area contributed by atoms with Gasteiger partial charge in [0.1, 0.15) is 5.75 Å². The highest BCUT2D eigenvalue weighted by Gasteiger charge is 2.33. The molecule has 3 heterocycles. The van der Waals surface area contributed by atoms with Crippen LogP contribution in [0.1, 0.15) is 22.6 Å².